The summed E-state index contributed by atoms with van der Waals surface area (Å²) in [6, 6.07) is 9.11. The number of nitrogens with zero attached hydrogens (tertiary/aromatic N) is 3. The van der Waals surface area contributed by atoms with Gasteiger partial charge >= 0.3 is 0 Å². The molecule has 2 heterocycles. The van der Waals surface area contributed by atoms with Crippen LogP contribution in [0, 0.1) is 0 Å². The number of ether oxygens (including phenoxy) is 2. The minimum absolute atomic E-state index is 0.180. The molecule has 134 valence electrons. The monoisotopic (exact) mass is 345 g/mol. The number of aliphatic hydroxyl groups excluding tert-OH is 1. The minimum Gasteiger partial charge on any atom is -0.497 e. The highest BCUT2D eigenvalue weighted by Gasteiger charge is 2.36. The molecule has 3 rings (SSSR count). The van der Waals surface area contributed by atoms with Crippen molar-refractivity contribution in [3.05, 3.63) is 47.8 Å². The lowest BCUT2D eigenvalue weighted by molar-refractivity contribution is 0.0708. The number of aromatic nitrogens is 2. The van der Waals surface area contributed by atoms with Gasteiger partial charge in [0.05, 0.1) is 32.4 Å². The lowest BCUT2D eigenvalue weighted by Gasteiger charge is -2.24. The van der Waals surface area contributed by atoms with Crippen LogP contribution < -0.4 is 4.74 Å². The molecular formula is C18H23N3O4. The highest BCUT2D eigenvalue weighted by Crippen LogP contribution is 2.34. The molecule has 0 radical (unpaired) electrons. The Bertz CT molecular complexity index is 731. The third-order valence-corrected chi connectivity index (χ3v) is 4.40. The maximum absolute atomic E-state index is 12.9. The van der Waals surface area contributed by atoms with Crippen LogP contribution in [0.3, 0.4) is 0 Å². The molecule has 7 nitrogen and oxygen atoms in total. The molecule has 2 aromatic rings. The SMILES string of the molecule is COCCn1ccc(C(=O)N2C[C@@H](O)C[C@@H]2c2cccc(OC)c2)n1. The van der Waals surface area contributed by atoms with Gasteiger partial charge in [-0.25, -0.2) is 0 Å². The lowest BCUT2D eigenvalue weighted by Crippen LogP contribution is -2.32. The van der Waals surface area contributed by atoms with Crippen molar-refractivity contribution in [1.82, 2.24) is 14.7 Å². The zero-order valence-corrected chi connectivity index (χ0v) is 14.5. The van der Waals surface area contributed by atoms with Crippen molar-refractivity contribution in [3.63, 3.8) is 0 Å². The number of hydrogen-bond acceptors (Lipinski definition) is 5. The Morgan fingerprint density at radius 1 is 1.36 bits per heavy atom. The Balaban J connectivity index is 1.81. The number of rotatable bonds is 6. The Morgan fingerprint density at radius 3 is 2.96 bits per heavy atom. The zero-order chi connectivity index (χ0) is 17.8. The molecule has 1 aliphatic rings. The summed E-state index contributed by atoms with van der Waals surface area (Å²) >= 11 is 0. The van der Waals surface area contributed by atoms with E-state index in [0.717, 1.165) is 11.3 Å². The third-order valence-electron chi connectivity index (χ3n) is 4.40. The van der Waals surface area contributed by atoms with Gasteiger partial charge in [0, 0.05) is 19.9 Å². The van der Waals surface area contributed by atoms with Crippen LogP contribution in [0.5, 0.6) is 5.75 Å². The standard InChI is InChI=1S/C18H23N3O4/c1-24-9-8-20-7-6-16(19-20)18(23)21-12-14(22)11-17(21)13-4-3-5-15(10-13)25-2/h3-7,10,14,17,22H,8-9,11-12H2,1-2H3/t14-,17+/m0/s1. The van der Waals surface area contributed by atoms with E-state index in [1.807, 2.05) is 24.3 Å². The van der Waals surface area contributed by atoms with Crippen molar-refractivity contribution in [2.24, 2.45) is 0 Å². The predicted molar refractivity (Wildman–Crippen MR) is 91.5 cm³/mol. The largest absolute Gasteiger partial charge is 0.497 e. The van der Waals surface area contributed by atoms with Crippen LogP contribution in [0.25, 0.3) is 0 Å². The first-order valence-corrected chi connectivity index (χ1v) is 8.27. The smallest absolute Gasteiger partial charge is 0.274 e. The summed E-state index contributed by atoms with van der Waals surface area (Å²) in [5, 5.41) is 14.4. The van der Waals surface area contributed by atoms with Crippen molar-refractivity contribution in [2.45, 2.75) is 25.1 Å². The fourth-order valence-electron chi connectivity index (χ4n) is 3.14. The highest BCUT2D eigenvalue weighted by atomic mass is 16.5. The van der Waals surface area contributed by atoms with E-state index in [4.69, 9.17) is 9.47 Å². The topological polar surface area (TPSA) is 76.8 Å². The average Bonchev–Trinajstić information content (AvgIpc) is 3.26. The quantitative estimate of drug-likeness (QED) is 0.858. The van der Waals surface area contributed by atoms with E-state index in [1.54, 1.807) is 36.1 Å². The van der Waals surface area contributed by atoms with Gasteiger partial charge in [0.2, 0.25) is 0 Å². The van der Waals surface area contributed by atoms with Gasteiger partial charge in [-0.1, -0.05) is 12.1 Å². The first kappa shape index (κ1) is 17.4. The van der Waals surface area contributed by atoms with Crippen LogP contribution in [0.1, 0.15) is 28.5 Å². The van der Waals surface area contributed by atoms with Gasteiger partial charge in [0.15, 0.2) is 0 Å². The molecule has 0 aliphatic carbocycles. The fourth-order valence-corrected chi connectivity index (χ4v) is 3.14. The van der Waals surface area contributed by atoms with Crippen molar-refractivity contribution < 1.29 is 19.4 Å². The van der Waals surface area contributed by atoms with E-state index in [1.165, 1.54) is 0 Å². The van der Waals surface area contributed by atoms with E-state index >= 15 is 0 Å². The van der Waals surface area contributed by atoms with Crippen molar-refractivity contribution in [3.8, 4) is 5.75 Å². The molecular weight excluding hydrogens is 322 g/mol. The van der Waals surface area contributed by atoms with E-state index < -0.39 is 6.10 Å². The lowest BCUT2D eigenvalue weighted by atomic mass is 10.0. The molecule has 1 aromatic carbocycles. The number of benzene rings is 1. The Labute approximate surface area is 146 Å². The summed E-state index contributed by atoms with van der Waals surface area (Å²) in [4.78, 5) is 14.6. The summed E-state index contributed by atoms with van der Waals surface area (Å²) in [6.07, 6.45) is 1.72. The molecule has 0 bridgehead atoms. The normalized spacial score (nSPS) is 20.0. The minimum atomic E-state index is -0.546. The van der Waals surface area contributed by atoms with E-state index in [9.17, 15) is 9.90 Å². The second kappa shape index (κ2) is 7.67. The zero-order valence-electron chi connectivity index (χ0n) is 14.5. The number of amides is 1. The van der Waals surface area contributed by atoms with Crippen LogP contribution in [-0.2, 0) is 11.3 Å². The number of methoxy groups -OCH3 is 2. The molecule has 2 atom stereocenters. The number of carbonyl (C=O) groups excluding carboxylic acids is 1. The van der Waals surface area contributed by atoms with Crippen LogP contribution in [-0.4, -0.2) is 59.2 Å². The first-order valence-electron chi connectivity index (χ1n) is 8.27. The van der Waals surface area contributed by atoms with Gasteiger partial charge in [0.1, 0.15) is 11.4 Å². The number of likely N-dealkylation sites (tertiary alicyclic amines) is 1. The summed E-state index contributed by atoms with van der Waals surface area (Å²) in [5.41, 5.74) is 1.32. The van der Waals surface area contributed by atoms with Gasteiger partial charge in [-0.15, -0.1) is 0 Å². The van der Waals surface area contributed by atoms with Crippen molar-refractivity contribution in [1.29, 1.82) is 0 Å². The molecule has 0 unspecified atom stereocenters. The van der Waals surface area contributed by atoms with Crippen molar-refractivity contribution in [2.75, 3.05) is 27.4 Å². The van der Waals surface area contributed by atoms with Crippen LogP contribution in [0.15, 0.2) is 36.5 Å². The molecule has 1 saturated heterocycles. The van der Waals surface area contributed by atoms with Crippen LogP contribution in [0.4, 0.5) is 0 Å². The highest BCUT2D eigenvalue weighted by molar-refractivity contribution is 5.92. The molecule has 7 heteroatoms. The molecule has 1 amide bonds. The number of β-amino-alcohol motifs (C(OH)–C–C–N with tert-alkyl or cyclic N) is 1. The Hall–Kier alpha value is -2.38. The predicted octanol–water partition coefficient (Wildman–Crippen LogP) is 1.49. The van der Waals surface area contributed by atoms with Crippen LogP contribution in [0.2, 0.25) is 0 Å². The van der Waals surface area contributed by atoms with E-state index in [-0.39, 0.29) is 11.9 Å². The molecule has 0 saturated carbocycles. The third kappa shape index (κ3) is 3.83. The molecule has 1 N–H and O–H groups in total. The van der Waals surface area contributed by atoms with Gasteiger partial charge < -0.3 is 19.5 Å². The second-order valence-corrected chi connectivity index (χ2v) is 6.10. The van der Waals surface area contributed by atoms with E-state index in [2.05, 4.69) is 5.10 Å². The summed E-state index contributed by atoms with van der Waals surface area (Å²) in [7, 11) is 3.23. The molecule has 1 aromatic heterocycles. The maximum Gasteiger partial charge on any atom is 0.274 e. The van der Waals surface area contributed by atoms with Gasteiger partial charge in [-0.05, 0) is 30.2 Å². The Kier molecular flexibility index (Phi) is 5.35. The summed E-state index contributed by atoms with van der Waals surface area (Å²) < 4.78 is 12.0. The molecule has 25 heavy (non-hydrogen) atoms. The first-order chi connectivity index (χ1) is 12.1. The molecule has 0 spiro atoms. The van der Waals surface area contributed by atoms with Gasteiger partial charge in [0.25, 0.3) is 5.91 Å². The average molecular weight is 345 g/mol. The van der Waals surface area contributed by atoms with Crippen LogP contribution >= 0.6 is 0 Å². The second-order valence-electron chi connectivity index (χ2n) is 6.10. The number of aliphatic hydroxyl groups is 1. The molecule has 1 aliphatic heterocycles. The summed E-state index contributed by atoms with van der Waals surface area (Å²) in [5.74, 6) is 0.552. The maximum atomic E-state index is 12.9. The van der Waals surface area contributed by atoms with Gasteiger partial charge in [-0.3, -0.25) is 9.48 Å². The summed E-state index contributed by atoms with van der Waals surface area (Å²) in [6.45, 7) is 1.42. The molecule has 1 fully saturated rings. The number of hydrogen-bond donors (Lipinski definition) is 1. The van der Waals surface area contributed by atoms with Gasteiger partial charge in [-0.2, -0.15) is 5.10 Å². The van der Waals surface area contributed by atoms with E-state index in [0.29, 0.717) is 31.8 Å². The fraction of sp³-hybridized carbons (Fsp3) is 0.444. The Morgan fingerprint density at radius 2 is 2.20 bits per heavy atom. The van der Waals surface area contributed by atoms with Crippen molar-refractivity contribution >= 4 is 5.91 Å². The number of carbonyl (C=O) groups is 1.